The van der Waals surface area contributed by atoms with Gasteiger partial charge in [0, 0.05) is 22.7 Å². The molecule has 40 heavy (non-hydrogen) atoms. The predicted octanol–water partition coefficient (Wildman–Crippen LogP) is 5.47. The van der Waals surface area contributed by atoms with Crippen LogP contribution in [0.4, 0.5) is 10.8 Å². The molecular formula is C27H18ClN3O7S2. The molecule has 0 bridgehead atoms. The molecule has 1 aliphatic heterocycles. The number of aromatic nitrogens is 1. The Bertz CT molecular complexity index is 1800. The second-order valence-electron chi connectivity index (χ2n) is 8.80. The van der Waals surface area contributed by atoms with E-state index >= 15 is 0 Å². The van der Waals surface area contributed by atoms with Crippen LogP contribution in [0.15, 0.2) is 93.7 Å². The van der Waals surface area contributed by atoms with Crippen molar-refractivity contribution in [1.82, 2.24) is 4.98 Å². The van der Waals surface area contributed by atoms with Crippen molar-refractivity contribution in [2.24, 2.45) is 0 Å². The lowest BCUT2D eigenvalue weighted by Crippen LogP contribution is -2.29. The van der Waals surface area contributed by atoms with E-state index in [1.165, 1.54) is 24.3 Å². The van der Waals surface area contributed by atoms with Crippen LogP contribution in [0, 0.1) is 17.0 Å². The number of benzene rings is 3. The van der Waals surface area contributed by atoms with Gasteiger partial charge in [-0.2, -0.15) is 0 Å². The van der Waals surface area contributed by atoms with Crippen LogP contribution in [0.25, 0.3) is 5.76 Å². The molecule has 1 unspecified atom stereocenters. The number of carbonyl (C=O) groups is 2. The zero-order chi connectivity index (χ0) is 28.8. The highest BCUT2D eigenvalue weighted by molar-refractivity contribution is 7.93. The minimum Gasteiger partial charge on any atom is -0.507 e. The molecule has 13 heteroatoms. The van der Waals surface area contributed by atoms with Crippen LogP contribution >= 0.6 is 22.9 Å². The molecule has 2 heterocycles. The van der Waals surface area contributed by atoms with Gasteiger partial charge >= 0.3 is 5.91 Å². The van der Waals surface area contributed by atoms with Gasteiger partial charge in [-0.05, 0) is 48.9 Å². The molecule has 0 spiro atoms. The quantitative estimate of drug-likeness (QED) is 0.101. The number of thiazole rings is 1. The first kappa shape index (κ1) is 27.2. The number of ketones is 1. The van der Waals surface area contributed by atoms with E-state index in [9.17, 15) is 33.2 Å². The largest absolute Gasteiger partial charge is 0.507 e. The summed E-state index contributed by atoms with van der Waals surface area (Å²) in [5.41, 5.74) is 1.22. The number of hydrogen-bond donors (Lipinski definition) is 1. The first-order valence-corrected chi connectivity index (χ1v) is 14.3. The summed E-state index contributed by atoms with van der Waals surface area (Å²) in [6.45, 7) is 1.87. The highest BCUT2D eigenvalue weighted by Gasteiger charge is 2.48. The number of aliphatic hydroxyl groups excluding tert-OH is 1. The van der Waals surface area contributed by atoms with E-state index in [1.807, 2.05) is 6.92 Å². The molecule has 1 saturated heterocycles. The minimum atomic E-state index is -4.15. The fourth-order valence-corrected chi connectivity index (χ4v) is 6.88. The number of non-ortho nitro benzene ring substituents is 1. The topological polar surface area (TPSA) is 148 Å². The molecule has 1 amide bonds. The zero-order valence-corrected chi connectivity index (χ0v) is 22.9. The zero-order valence-electron chi connectivity index (χ0n) is 20.5. The highest BCUT2D eigenvalue weighted by Crippen LogP contribution is 2.44. The van der Waals surface area contributed by atoms with Gasteiger partial charge < -0.3 is 5.11 Å². The molecule has 1 fully saturated rings. The normalized spacial score (nSPS) is 16.9. The lowest BCUT2D eigenvalue weighted by molar-refractivity contribution is -0.384. The number of hydrogen-bond acceptors (Lipinski definition) is 9. The van der Waals surface area contributed by atoms with Gasteiger partial charge in [-0.1, -0.05) is 52.8 Å². The van der Waals surface area contributed by atoms with E-state index in [-0.39, 0.29) is 31.1 Å². The lowest BCUT2D eigenvalue weighted by Gasteiger charge is -2.23. The van der Waals surface area contributed by atoms with Crippen molar-refractivity contribution in [1.29, 1.82) is 0 Å². The van der Waals surface area contributed by atoms with Crippen LogP contribution in [0.3, 0.4) is 0 Å². The summed E-state index contributed by atoms with van der Waals surface area (Å²) in [7, 11) is -4.15. The molecule has 1 aromatic heterocycles. The van der Waals surface area contributed by atoms with Gasteiger partial charge in [0.25, 0.3) is 11.5 Å². The number of aliphatic hydroxyl groups is 1. The number of sulfone groups is 1. The third-order valence-corrected chi connectivity index (χ3v) is 9.74. The fourth-order valence-electron chi connectivity index (χ4n) is 4.21. The fraction of sp³-hybridized carbons (Fsp3) is 0.0741. The first-order valence-electron chi connectivity index (χ1n) is 11.6. The number of nitrogens with zero attached hydrogens (tertiary/aromatic N) is 3. The van der Waals surface area contributed by atoms with Gasteiger partial charge in [0.2, 0.25) is 9.84 Å². The molecule has 202 valence electrons. The number of aryl methyl sites for hydroxylation is 1. The first-order chi connectivity index (χ1) is 19.0. The Hall–Kier alpha value is -4.39. The van der Waals surface area contributed by atoms with Gasteiger partial charge in [-0.3, -0.25) is 24.6 Å². The summed E-state index contributed by atoms with van der Waals surface area (Å²) in [4.78, 5) is 42.0. The Kier molecular flexibility index (Phi) is 7.00. The van der Waals surface area contributed by atoms with Gasteiger partial charge in [0.05, 0.1) is 27.6 Å². The van der Waals surface area contributed by atoms with E-state index in [1.54, 1.807) is 24.3 Å². The number of Topliss-reactive ketones (excluding diaryl/α,β-unsaturated/α-hetero) is 1. The molecule has 1 N–H and O–H groups in total. The van der Waals surface area contributed by atoms with Crippen molar-refractivity contribution in [3.05, 3.63) is 116 Å². The number of anilines is 1. The number of carbonyl (C=O) groups excluding carboxylic acids is 2. The Balaban J connectivity index is 1.62. The van der Waals surface area contributed by atoms with Gasteiger partial charge in [-0.25, -0.2) is 13.4 Å². The van der Waals surface area contributed by atoms with E-state index in [4.69, 9.17) is 11.6 Å². The Morgan fingerprint density at radius 2 is 1.65 bits per heavy atom. The van der Waals surface area contributed by atoms with Crippen LogP contribution in [0.5, 0.6) is 0 Å². The SMILES string of the molecule is Cc1ccc(C2/C(=C(/O)c3ccc(Cl)cc3)C(=O)C(=O)N2c2ncc(S(=O)(=O)c3ccc([N+](=O)[O-])cc3)s2)cc1. The molecule has 3 aromatic carbocycles. The monoisotopic (exact) mass is 595 g/mol. The number of rotatable bonds is 6. The molecule has 0 radical (unpaired) electrons. The third-order valence-electron chi connectivity index (χ3n) is 6.26. The maximum Gasteiger partial charge on any atom is 0.301 e. The number of halogens is 1. The number of amides is 1. The van der Waals surface area contributed by atoms with E-state index in [0.717, 1.165) is 40.9 Å². The second kappa shape index (κ2) is 10.3. The van der Waals surface area contributed by atoms with Crippen molar-refractivity contribution in [3.8, 4) is 0 Å². The van der Waals surface area contributed by atoms with Crippen molar-refractivity contribution in [2.45, 2.75) is 22.1 Å². The summed E-state index contributed by atoms with van der Waals surface area (Å²) in [6, 6.07) is 16.3. The van der Waals surface area contributed by atoms with Crippen molar-refractivity contribution < 1.29 is 28.0 Å². The van der Waals surface area contributed by atoms with Gasteiger partial charge in [-0.15, -0.1) is 0 Å². The molecule has 1 atom stereocenters. The highest BCUT2D eigenvalue weighted by atomic mass is 35.5. The lowest BCUT2D eigenvalue weighted by atomic mass is 9.95. The van der Waals surface area contributed by atoms with Gasteiger partial charge in [0.1, 0.15) is 9.97 Å². The van der Waals surface area contributed by atoms with Crippen LogP contribution in [0.2, 0.25) is 5.02 Å². The summed E-state index contributed by atoms with van der Waals surface area (Å²) >= 11 is 6.62. The van der Waals surface area contributed by atoms with Crippen LogP contribution < -0.4 is 4.90 Å². The van der Waals surface area contributed by atoms with E-state index in [0.29, 0.717) is 21.9 Å². The standard InChI is InChI=1S/C27H18ClN3O7S2/c1-15-2-4-16(5-3-15)23-22(24(32)17-6-8-18(28)9-7-17)25(33)26(34)30(23)27-29-14-21(39-27)40(37,38)20-12-10-19(11-13-20)31(35)36/h2-14,23,32H,1H3/b24-22-. The minimum absolute atomic E-state index is 0.0803. The number of nitro groups is 1. The Morgan fingerprint density at radius 1 is 1.02 bits per heavy atom. The number of nitro benzene ring substituents is 1. The maximum atomic E-state index is 13.4. The van der Waals surface area contributed by atoms with Crippen molar-refractivity contribution in [2.75, 3.05) is 4.90 Å². The summed E-state index contributed by atoms with van der Waals surface area (Å²) < 4.78 is 26.2. The molecule has 10 nitrogen and oxygen atoms in total. The molecular weight excluding hydrogens is 578 g/mol. The molecule has 4 aromatic rings. The van der Waals surface area contributed by atoms with E-state index < -0.39 is 38.3 Å². The van der Waals surface area contributed by atoms with Gasteiger partial charge in [0.15, 0.2) is 5.13 Å². The summed E-state index contributed by atoms with van der Waals surface area (Å²) in [6.07, 6.45) is 1.06. The van der Waals surface area contributed by atoms with Crippen LogP contribution in [-0.4, -0.2) is 35.1 Å². The third kappa shape index (κ3) is 4.76. The Morgan fingerprint density at radius 3 is 2.25 bits per heavy atom. The average Bonchev–Trinajstić information content (AvgIpc) is 3.53. The average molecular weight is 596 g/mol. The van der Waals surface area contributed by atoms with Crippen molar-refractivity contribution >= 4 is 61.0 Å². The predicted molar refractivity (Wildman–Crippen MR) is 148 cm³/mol. The summed E-state index contributed by atoms with van der Waals surface area (Å²) in [5.74, 6) is -2.37. The van der Waals surface area contributed by atoms with E-state index in [2.05, 4.69) is 4.98 Å². The second-order valence-corrected chi connectivity index (χ2v) is 12.4. The molecule has 5 rings (SSSR count). The van der Waals surface area contributed by atoms with Crippen molar-refractivity contribution in [3.63, 3.8) is 0 Å². The maximum absolute atomic E-state index is 13.4. The molecule has 1 aliphatic rings. The van der Waals surface area contributed by atoms with Crippen LogP contribution in [-0.2, 0) is 19.4 Å². The summed E-state index contributed by atoms with van der Waals surface area (Å²) in [5, 5.41) is 22.4. The smallest absolute Gasteiger partial charge is 0.301 e. The Labute approximate surface area is 236 Å². The molecule has 0 saturated carbocycles. The molecule has 0 aliphatic carbocycles. The van der Waals surface area contributed by atoms with Crippen LogP contribution in [0.1, 0.15) is 22.7 Å².